The van der Waals surface area contributed by atoms with Gasteiger partial charge in [0.15, 0.2) is 5.79 Å². The van der Waals surface area contributed by atoms with Gasteiger partial charge in [-0.25, -0.2) is 9.78 Å². The number of hydrogen-bond donors (Lipinski definition) is 0. The molecule has 4 heteroatoms. The van der Waals surface area contributed by atoms with Crippen LogP contribution in [0.1, 0.15) is 39.2 Å². The van der Waals surface area contributed by atoms with E-state index in [0.29, 0.717) is 6.42 Å². The molecule has 0 aliphatic carbocycles. The van der Waals surface area contributed by atoms with Crippen molar-refractivity contribution in [3.63, 3.8) is 0 Å². The van der Waals surface area contributed by atoms with Crippen LogP contribution < -0.4 is 0 Å². The molecule has 0 aliphatic rings. The summed E-state index contributed by atoms with van der Waals surface area (Å²) in [6.07, 6.45) is 1.65. The molecule has 0 radical (unpaired) electrons. The predicted octanol–water partition coefficient (Wildman–Crippen LogP) is 3.30. The Morgan fingerprint density at radius 2 is 1.90 bits per heavy atom. The highest BCUT2D eigenvalue weighted by Gasteiger charge is 2.22. The van der Waals surface area contributed by atoms with Crippen LogP contribution in [0.2, 0.25) is 0 Å². The highest BCUT2D eigenvalue weighted by Crippen LogP contribution is 2.16. The molecular formula is C16H24O4. The number of hydrogen-bond acceptors (Lipinski definition) is 4. The normalized spacial score (nSPS) is 13.2. The van der Waals surface area contributed by atoms with E-state index in [1.807, 2.05) is 18.2 Å². The molecule has 0 spiro atoms. The van der Waals surface area contributed by atoms with Gasteiger partial charge < -0.3 is 4.74 Å². The minimum absolute atomic E-state index is 0.0851. The molecular weight excluding hydrogens is 256 g/mol. The standard InChI is InChI=1S/C16H24O4/c1-13(17)12-15(19-20-16(2,3)18-4)11-10-14-8-6-5-7-9-14/h5-9,15H,10-12H2,1-4H3/t15-/m1/s1. The number of benzene rings is 1. The molecule has 1 atom stereocenters. The molecule has 0 aliphatic heterocycles. The van der Waals surface area contributed by atoms with E-state index in [2.05, 4.69) is 12.1 Å². The van der Waals surface area contributed by atoms with Crippen molar-refractivity contribution >= 4 is 5.78 Å². The van der Waals surface area contributed by atoms with E-state index in [1.54, 1.807) is 27.9 Å². The lowest BCUT2D eigenvalue weighted by Gasteiger charge is -2.25. The SMILES string of the molecule is COC(C)(C)OO[C@H](CCc1ccccc1)CC(C)=O. The summed E-state index contributed by atoms with van der Waals surface area (Å²) in [5.41, 5.74) is 1.22. The second-order valence-electron chi connectivity index (χ2n) is 5.34. The molecule has 4 nitrogen and oxygen atoms in total. The van der Waals surface area contributed by atoms with Crippen molar-refractivity contribution in [2.75, 3.05) is 7.11 Å². The second kappa shape index (κ2) is 8.15. The summed E-state index contributed by atoms with van der Waals surface area (Å²) in [6.45, 7) is 5.07. The zero-order valence-corrected chi connectivity index (χ0v) is 12.7. The molecule has 112 valence electrons. The van der Waals surface area contributed by atoms with Crippen LogP contribution in [-0.2, 0) is 25.7 Å². The van der Waals surface area contributed by atoms with Crippen molar-refractivity contribution in [3.05, 3.63) is 35.9 Å². The predicted molar refractivity (Wildman–Crippen MR) is 77.1 cm³/mol. The fourth-order valence-electron chi connectivity index (χ4n) is 1.70. The van der Waals surface area contributed by atoms with E-state index in [0.717, 1.165) is 12.8 Å². The maximum Gasteiger partial charge on any atom is 0.195 e. The van der Waals surface area contributed by atoms with E-state index in [4.69, 9.17) is 14.5 Å². The highest BCUT2D eigenvalue weighted by atomic mass is 17.2. The molecule has 0 fully saturated rings. The van der Waals surface area contributed by atoms with Gasteiger partial charge in [0.05, 0.1) is 0 Å². The van der Waals surface area contributed by atoms with Gasteiger partial charge in [0.2, 0.25) is 0 Å². The third kappa shape index (κ3) is 6.80. The van der Waals surface area contributed by atoms with Crippen molar-refractivity contribution in [1.82, 2.24) is 0 Å². The van der Waals surface area contributed by atoms with E-state index in [-0.39, 0.29) is 11.9 Å². The van der Waals surface area contributed by atoms with Crippen LogP contribution in [-0.4, -0.2) is 24.8 Å². The second-order valence-corrected chi connectivity index (χ2v) is 5.34. The molecule has 0 aromatic heterocycles. The van der Waals surface area contributed by atoms with Gasteiger partial charge in [0.1, 0.15) is 11.9 Å². The van der Waals surface area contributed by atoms with Gasteiger partial charge >= 0.3 is 0 Å². The molecule has 1 rings (SSSR count). The van der Waals surface area contributed by atoms with Crippen LogP contribution in [0.5, 0.6) is 0 Å². The Morgan fingerprint density at radius 1 is 1.25 bits per heavy atom. The number of carbonyl (C=O) groups is 1. The Morgan fingerprint density at radius 3 is 2.45 bits per heavy atom. The first-order valence-corrected chi connectivity index (χ1v) is 6.86. The van der Waals surface area contributed by atoms with Crippen molar-refractivity contribution in [2.45, 2.75) is 51.9 Å². The largest absolute Gasteiger partial charge is 0.351 e. The Labute approximate surface area is 121 Å². The topological polar surface area (TPSA) is 44.8 Å². The van der Waals surface area contributed by atoms with Crippen LogP contribution >= 0.6 is 0 Å². The zero-order valence-electron chi connectivity index (χ0n) is 12.7. The van der Waals surface area contributed by atoms with Gasteiger partial charge in [-0.05, 0) is 39.2 Å². The minimum Gasteiger partial charge on any atom is -0.351 e. The fourth-order valence-corrected chi connectivity index (χ4v) is 1.70. The average molecular weight is 280 g/mol. The summed E-state index contributed by atoms with van der Waals surface area (Å²) >= 11 is 0. The minimum atomic E-state index is -0.818. The molecule has 0 unspecified atom stereocenters. The summed E-state index contributed by atoms with van der Waals surface area (Å²) in [5.74, 6) is -0.733. The summed E-state index contributed by atoms with van der Waals surface area (Å²) < 4.78 is 5.12. The molecule has 1 aromatic rings. The summed E-state index contributed by atoms with van der Waals surface area (Å²) in [6, 6.07) is 10.1. The Hall–Kier alpha value is -1.23. The summed E-state index contributed by atoms with van der Waals surface area (Å²) in [5, 5.41) is 0. The fraction of sp³-hybridized carbons (Fsp3) is 0.562. The highest BCUT2D eigenvalue weighted by molar-refractivity contribution is 5.75. The summed E-state index contributed by atoms with van der Waals surface area (Å²) in [4.78, 5) is 21.9. The van der Waals surface area contributed by atoms with Gasteiger partial charge in [-0.3, -0.25) is 4.79 Å². The van der Waals surface area contributed by atoms with Crippen molar-refractivity contribution in [1.29, 1.82) is 0 Å². The van der Waals surface area contributed by atoms with Gasteiger partial charge in [0.25, 0.3) is 0 Å². The molecule has 20 heavy (non-hydrogen) atoms. The lowest BCUT2D eigenvalue weighted by atomic mass is 10.0. The molecule has 1 aromatic carbocycles. The lowest BCUT2D eigenvalue weighted by Crippen LogP contribution is -2.30. The lowest BCUT2D eigenvalue weighted by molar-refractivity contribution is -0.430. The summed E-state index contributed by atoms with van der Waals surface area (Å²) in [7, 11) is 1.55. The van der Waals surface area contributed by atoms with E-state index >= 15 is 0 Å². The third-order valence-corrected chi connectivity index (χ3v) is 2.99. The van der Waals surface area contributed by atoms with Crippen LogP contribution in [0.3, 0.4) is 0 Å². The van der Waals surface area contributed by atoms with Crippen LogP contribution in [0.15, 0.2) is 30.3 Å². The number of Topliss-reactive ketones (excluding diaryl/α,β-unsaturated/α-hetero) is 1. The van der Waals surface area contributed by atoms with Gasteiger partial charge in [-0.1, -0.05) is 30.3 Å². The molecule has 0 saturated carbocycles. The number of ether oxygens (including phenoxy) is 1. The smallest absolute Gasteiger partial charge is 0.195 e. The van der Waals surface area contributed by atoms with Crippen LogP contribution in [0.25, 0.3) is 0 Å². The molecule has 0 bridgehead atoms. The number of rotatable bonds is 9. The van der Waals surface area contributed by atoms with E-state index < -0.39 is 5.79 Å². The average Bonchev–Trinajstić information content (AvgIpc) is 2.42. The quantitative estimate of drug-likeness (QED) is 0.395. The van der Waals surface area contributed by atoms with Gasteiger partial charge in [0, 0.05) is 13.5 Å². The van der Waals surface area contributed by atoms with Crippen LogP contribution in [0.4, 0.5) is 0 Å². The molecule has 0 N–H and O–H groups in total. The van der Waals surface area contributed by atoms with Crippen LogP contribution in [0, 0.1) is 0 Å². The van der Waals surface area contributed by atoms with Gasteiger partial charge in [-0.2, -0.15) is 0 Å². The Balaban J connectivity index is 2.49. The number of carbonyl (C=O) groups excluding carboxylic acids is 1. The van der Waals surface area contributed by atoms with E-state index in [9.17, 15) is 4.79 Å². The van der Waals surface area contributed by atoms with Gasteiger partial charge in [-0.15, -0.1) is 0 Å². The van der Waals surface area contributed by atoms with Crippen molar-refractivity contribution < 1.29 is 19.3 Å². The Bertz CT molecular complexity index is 400. The first-order chi connectivity index (χ1) is 9.43. The van der Waals surface area contributed by atoms with Crippen molar-refractivity contribution in [3.8, 4) is 0 Å². The molecule has 0 saturated heterocycles. The monoisotopic (exact) mass is 280 g/mol. The zero-order chi connectivity index (χ0) is 15.0. The number of methoxy groups -OCH3 is 1. The number of aryl methyl sites for hydroxylation is 1. The first-order valence-electron chi connectivity index (χ1n) is 6.86. The third-order valence-electron chi connectivity index (χ3n) is 2.99. The molecule has 0 amide bonds. The van der Waals surface area contributed by atoms with E-state index in [1.165, 1.54) is 5.56 Å². The molecule has 0 heterocycles. The first kappa shape index (κ1) is 16.8. The Kier molecular flexibility index (Phi) is 6.85. The number of ketones is 1. The van der Waals surface area contributed by atoms with Crippen molar-refractivity contribution in [2.24, 2.45) is 0 Å². The maximum absolute atomic E-state index is 11.3. The maximum atomic E-state index is 11.3.